The van der Waals surface area contributed by atoms with Crippen LogP contribution in [0.1, 0.15) is 23.6 Å². The summed E-state index contributed by atoms with van der Waals surface area (Å²) in [5.74, 6) is -2.54. The van der Waals surface area contributed by atoms with Gasteiger partial charge in [0.2, 0.25) is 15.9 Å². The lowest BCUT2D eigenvalue weighted by Crippen LogP contribution is -2.18. The fourth-order valence-electron chi connectivity index (χ4n) is 4.80. The third kappa shape index (κ3) is 5.78. The van der Waals surface area contributed by atoms with Crippen LogP contribution in [0.25, 0.3) is 32.4 Å². The highest BCUT2D eigenvalue weighted by molar-refractivity contribution is 8.00. The van der Waals surface area contributed by atoms with Crippen LogP contribution in [0.2, 0.25) is 0 Å². The molecular weight excluding hydrogens is 579 g/mol. The van der Waals surface area contributed by atoms with Crippen molar-refractivity contribution in [3.63, 3.8) is 0 Å². The Balaban J connectivity index is 1.77. The van der Waals surface area contributed by atoms with Gasteiger partial charge in [-0.3, -0.25) is 14.2 Å². The van der Waals surface area contributed by atoms with Gasteiger partial charge in [0.25, 0.3) is 0 Å². The van der Waals surface area contributed by atoms with Crippen molar-refractivity contribution in [2.45, 2.75) is 23.1 Å². The minimum absolute atomic E-state index is 0.0882. The first-order chi connectivity index (χ1) is 18.9. The molecule has 1 atom stereocenters. The maximum absolute atomic E-state index is 14.1. The Hall–Kier alpha value is -3.62. The molecule has 0 aliphatic heterocycles. The number of aromatic nitrogens is 4. The van der Waals surface area contributed by atoms with Gasteiger partial charge in [-0.05, 0) is 42.5 Å². The molecule has 5 aromatic rings. The van der Waals surface area contributed by atoms with E-state index in [9.17, 15) is 22.0 Å². The second kappa shape index (κ2) is 10.7. The van der Waals surface area contributed by atoms with Gasteiger partial charge in [-0.2, -0.15) is 5.10 Å². The van der Waals surface area contributed by atoms with Gasteiger partial charge in [-0.15, -0.1) is 11.3 Å². The number of anilines is 1. The molecule has 0 aliphatic rings. The largest absolute Gasteiger partial charge is 0.370 e. The van der Waals surface area contributed by atoms with E-state index in [4.69, 9.17) is 10.7 Å². The summed E-state index contributed by atoms with van der Waals surface area (Å²) in [6.45, 7) is 0. The molecule has 5 rings (SSSR count). The fourth-order valence-corrected chi connectivity index (χ4v) is 6.76. The molecule has 0 spiro atoms. The minimum Gasteiger partial charge on any atom is -0.370 e. The number of para-hydroxylation sites is 1. The monoisotopic (exact) mass is 602 g/mol. The third-order valence-corrected chi connectivity index (χ3v) is 8.78. The molecule has 14 heteroatoms. The topological polar surface area (TPSA) is 133 Å². The predicted octanol–water partition coefficient (Wildman–Crippen LogP) is 4.82. The highest BCUT2D eigenvalue weighted by Gasteiger charge is 2.26. The molecule has 40 heavy (non-hydrogen) atoms. The van der Waals surface area contributed by atoms with Crippen molar-refractivity contribution in [3.8, 4) is 11.1 Å². The number of hydrogen-bond donors (Lipinski definition) is 2. The quantitative estimate of drug-likeness (QED) is 0.231. The van der Waals surface area contributed by atoms with E-state index in [1.165, 1.54) is 35.2 Å². The molecule has 0 saturated carbocycles. The number of sulfonamides is 1. The lowest BCUT2D eigenvalue weighted by molar-refractivity contribution is -0.118. The number of carbonyl (C=O) groups excluding carboxylic acids is 1. The Morgan fingerprint density at radius 2 is 1.88 bits per heavy atom. The minimum atomic E-state index is -3.60. The molecule has 2 aromatic carbocycles. The molecule has 0 fully saturated rings. The number of halogens is 2. The fraction of sp³-hybridized carbons (Fsp3) is 0.231. The summed E-state index contributed by atoms with van der Waals surface area (Å²) in [5, 5.41) is 4.95. The first-order valence-electron chi connectivity index (χ1n) is 11.9. The number of aryl methyl sites for hydroxylation is 1. The molecule has 0 aliphatic carbocycles. The van der Waals surface area contributed by atoms with Crippen LogP contribution in [-0.2, 0) is 28.3 Å². The van der Waals surface area contributed by atoms with Crippen molar-refractivity contribution in [1.29, 1.82) is 0 Å². The molecule has 0 radical (unpaired) electrons. The third-order valence-electron chi connectivity index (χ3n) is 6.24. The van der Waals surface area contributed by atoms with Gasteiger partial charge >= 0.3 is 0 Å². The van der Waals surface area contributed by atoms with E-state index >= 15 is 0 Å². The number of carbonyl (C=O) groups is 1. The van der Waals surface area contributed by atoms with Gasteiger partial charge in [0.1, 0.15) is 11.6 Å². The van der Waals surface area contributed by atoms with E-state index < -0.39 is 33.5 Å². The van der Waals surface area contributed by atoms with Crippen molar-refractivity contribution >= 4 is 66.1 Å². The van der Waals surface area contributed by atoms with Crippen LogP contribution in [0.3, 0.4) is 0 Å². The number of fused-ring (bicyclic) bond motifs is 2. The van der Waals surface area contributed by atoms with Crippen LogP contribution >= 0.6 is 23.1 Å². The van der Waals surface area contributed by atoms with Crippen LogP contribution in [-0.4, -0.2) is 46.6 Å². The number of pyridine rings is 1. The number of benzene rings is 2. The van der Waals surface area contributed by atoms with Crippen molar-refractivity contribution in [3.05, 3.63) is 65.4 Å². The number of nitrogens with two attached hydrogens (primary N) is 1. The SMILES string of the molecule is CSc1nc2nc([C@H](CC(N)=O)Cc3cc(F)cc(F)c3)c(-c3cccc4c(NS(C)(=O)=O)nn(C)c34)cc2s1. The molecule has 9 nitrogen and oxygen atoms in total. The summed E-state index contributed by atoms with van der Waals surface area (Å²) < 4.78 is 57.7. The summed E-state index contributed by atoms with van der Waals surface area (Å²) >= 11 is 2.93. The number of thioether (sulfide) groups is 1. The summed E-state index contributed by atoms with van der Waals surface area (Å²) in [7, 11) is -1.90. The number of thiazole rings is 1. The van der Waals surface area contributed by atoms with Crippen LogP contribution < -0.4 is 10.5 Å². The number of primary amides is 1. The summed E-state index contributed by atoms with van der Waals surface area (Å²) in [5.41, 5.74) is 8.88. The number of nitrogens with zero attached hydrogens (tertiary/aromatic N) is 4. The van der Waals surface area contributed by atoms with Gasteiger partial charge in [0, 0.05) is 42.0 Å². The average Bonchev–Trinajstić information content (AvgIpc) is 3.40. The van der Waals surface area contributed by atoms with Crippen LogP contribution in [0.15, 0.2) is 46.8 Å². The van der Waals surface area contributed by atoms with Crippen molar-refractivity contribution in [2.24, 2.45) is 12.8 Å². The van der Waals surface area contributed by atoms with Crippen molar-refractivity contribution < 1.29 is 22.0 Å². The molecule has 1 amide bonds. The molecule has 3 heterocycles. The van der Waals surface area contributed by atoms with E-state index in [0.717, 1.165) is 21.4 Å². The molecule has 208 valence electrons. The van der Waals surface area contributed by atoms with Crippen LogP contribution in [0.5, 0.6) is 0 Å². The van der Waals surface area contributed by atoms with Gasteiger partial charge in [-0.1, -0.05) is 23.9 Å². The van der Waals surface area contributed by atoms with E-state index in [1.807, 2.05) is 18.4 Å². The standard InChI is InChI=1S/C26H24F2N6O3S3/c1-34-23-17(5-4-6-18(23)24(32-34)33-40(3,36)37)19-12-20-25(31-26(38-2)39-20)30-22(19)14(10-21(29)35)7-13-8-15(27)11-16(28)9-13/h4-6,8-9,11-12,14H,7,10H2,1-3H3,(H2,29,35)(H,32,33)/t14-/m0/s1. The zero-order valence-electron chi connectivity index (χ0n) is 21.6. The Bertz CT molecular complexity index is 1870. The lowest BCUT2D eigenvalue weighted by atomic mass is 9.87. The smallest absolute Gasteiger partial charge is 0.231 e. The molecule has 3 aromatic heterocycles. The maximum atomic E-state index is 14.1. The number of hydrogen-bond acceptors (Lipinski definition) is 8. The Kier molecular flexibility index (Phi) is 7.50. The first-order valence-corrected chi connectivity index (χ1v) is 15.9. The van der Waals surface area contributed by atoms with E-state index in [-0.39, 0.29) is 18.7 Å². The number of nitrogens with one attached hydrogen (secondary N) is 1. The van der Waals surface area contributed by atoms with Crippen molar-refractivity contribution in [1.82, 2.24) is 19.7 Å². The summed E-state index contributed by atoms with van der Waals surface area (Å²) in [4.78, 5) is 21.7. The first kappa shape index (κ1) is 27.9. The molecule has 0 bridgehead atoms. The van der Waals surface area contributed by atoms with E-state index in [2.05, 4.69) is 14.8 Å². The maximum Gasteiger partial charge on any atom is 0.231 e. The highest BCUT2D eigenvalue weighted by atomic mass is 32.2. The second-order valence-electron chi connectivity index (χ2n) is 9.32. The van der Waals surface area contributed by atoms with E-state index in [0.29, 0.717) is 38.9 Å². The van der Waals surface area contributed by atoms with Gasteiger partial charge in [-0.25, -0.2) is 27.2 Å². The summed E-state index contributed by atoms with van der Waals surface area (Å²) in [6, 6.07) is 10.5. The van der Waals surface area contributed by atoms with Crippen molar-refractivity contribution in [2.75, 3.05) is 17.2 Å². The number of rotatable bonds is 9. The van der Waals surface area contributed by atoms with E-state index in [1.54, 1.807) is 23.9 Å². The zero-order chi connectivity index (χ0) is 28.8. The van der Waals surface area contributed by atoms with Crippen LogP contribution in [0.4, 0.5) is 14.6 Å². The lowest BCUT2D eigenvalue weighted by Gasteiger charge is -2.20. The summed E-state index contributed by atoms with van der Waals surface area (Å²) in [6.07, 6.45) is 2.90. The Labute approximate surface area is 236 Å². The number of amides is 1. The second-order valence-corrected chi connectivity index (χ2v) is 13.2. The molecular formula is C26H24F2N6O3S3. The zero-order valence-corrected chi connectivity index (χ0v) is 24.1. The van der Waals surface area contributed by atoms with Gasteiger partial charge in [0.05, 0.1) is 22.2 Å². The normalized spacial score (nSPS) is 12.7. The highest BCUT2D eigenvalue weighted by Crippen LogP contribution is 2.40. The molecule has 3 N–H and O–H groups in total. The van der Waals surface area contributed by atoms with Crippen LogP contribution in [0, 0.1) is 11.6 Å². The Morgan fingerprint density at radius 1 is 1.15 bits per heavy atom. The average molecular weight is 603 g/mol. The molecule has 0 saturated heterocycles. The Morgan fingerprint density at radius 3 is 2.52 bits per heavy atom. The predicted molar refractivity (Wildman–Crippen MR) is 154 cm³/mol. The molecule has 0 unspecified atom stereocenters. The van der Waals surface area contributed by atoms with Gasteiger partial charge in [0.15, 0.2) is 15.8 Å². The van der Waals surface area contributed by atoms with Gasteiger partial charge < -0.3 is 5.73 Å².